The van der Waals surface area contributed by atoms with Crippen molar-refractivity contribution in [3.8, 4) is 5.88 Å². The number of hydrogen-bond acceptors (Lipinski definition) is 6. The van der Waals surface area contributed by atoms with Gasteiger partial charge in [0.05, 0.1) is 24.5 Å². The van der Waals surface area contributed by atoms with Crippen LogP contribution in [0.5, 0.6) is 5.88 Å². The Morgan fingerprint density at radius 2 is 2.08 bits per heavy atom. The first-order valence-corrected chi connectivity index (χ1v) is 8.38. The Balaban J connectivity index is 1.63. The van der Waals surface area contributed by atoms with Gasteiger partial charge in [-0.1, -0.05) is 0 Å². The lowest BCUT2D eigenvalue weighted by molar-refractivity contribution is 0.0770. The lowest BCUT2D eigenvalue weighted by atomic mass is 10.2. The maximum Gasteiger partial charge on any atom is 0.255 e. The first-order chi connectivity index (χ1) is 11.5. The number of aromatic nitrogens is 3. The van der Waals surface area contributed by atoms with E-state index in [4.69, 9.17) is 4.74 Å². The second-order valence-electron chi connectivity index (χ2n) is 5.78. The lowest BCUT2D eigenvalue weighted by Gasteiger charge is -2.17. The summed E-state index contributed by atoms with van der Waals surface area (Å²) in [4.78, 5) is 28.7. The first kappa shape index (κ1) is 16.6. The van der Waals surface area contributed by atoms with Crippen LogP contribution < -0.4 is 9.64 Å². The quantitative estimate of drug-likeness (QED) is 0.793. The molecule has 1 amide bonds. The van der Waals surface area contributed by atoms with Gasteiger partial charge in [-0.25, -0.2) is 0 Å². The summed E-state index contributed by atoms with van der Waals surface area (Å²) in [6.07, 6.45) is 7.19. The number of nitrogens with zero attached hydrogens (tertiary/aromatic N) is 5. The van der Waals surface area contributed by atoms with E-state index < -0.39 is 0 Å². The molecule has 1 saturated heterocycles. The van der Waals surface area contributed by atoms with Gasteiger partial charge in [0.25, 0.3) is 5.91 Å². The van der Waals surface area contributed by atoms with Crippen LogP contribution in [0.25, 0.3) is 0 Å². The Morgan fingerprint density at radius 3 is 2.83 bits per heavy atom. The molecule has 1 fully saturated rings. The number of hydrogen-bond donors (Lipinski definition) is 0. The molecule has 7 nitrogen and oxygen atoms in total. The highest BCUT2D eigenvalue weighted by Gasteiger charge is 2.29. The molecule has 3 rings (SSSR count). The number of anilines is 1. The van der Waals surface area contributed by atoms with Gasteiger partial charge in [-0.15, -0.1) is 0 Å². The van der Waals surface area contributed by atoms with Gasteiger partial charge in [0.2, 0.25) is 5.88 Å². The van der Waals surface area contributed by atoms with E-state index >= 15 is 0 Å². The number of carbonyl (C=O) groups excluding carboxylic acids is 1. The van der Waals surface area contributed by atoms with Gasteiger partial charge in [-0.05, 0) is 22.0 Å². The molecule has 0 aliphatic carbocycles. The molecule has 2 aromatic heterocycles. The van der Waals surface area contributed by atoms with Gasteiger partial charge < -0.3 is 14.5 Å². The second-order valence-corrected chi connectivity index (χ2v) is 6.70. The summed E-state index contributed by atoms with van der Waals surface area (Å²) in [5.74, 6) is 1.17. The van der Waals surface area contributed by atoms with Crippen LogP contribution in [-0.2, 0) is 0 Å². The Bertz CT molecular complexity index is 740. The highest BCUT2D eigenvalue weighted by molar-refractivity contribution is 9.10. The molecule has 1 aliphatic rings. The van der Waals surface area contributed by atoms with Crippen molar-refractivity contribution < 1.29 is 9.53 Å². The van der Waals surface area contributed by atoms with Crippen molar-refractivity contribution in [1.82, 2.24) is 19.9 Å². The molecule has 0 N–H and O–H groups in total. The van der Waals surface area contributed by atoms with E-state index in [1.807, 2.05) is 19.0 Å². The monoisotopic (exact) mass is 391 g/mol. The predicted molar refractivity (Wildman–Crippen MR) is 93.2 cm³/mol. The molecule has 24 heavy (non-hydrogen) atoms. The van der Waals surface area contributed by atoms with Crippen LogP contribution in [0, 0.1) is 0 Å². The number of likely N-dealkylation sites (tertiary alicyclic amines) is 1. The minimum Gasteiger partial charge on any atom is -0.471 e. The van der Waals surface area contributed by atoms with E-state index in [-0.39, 0.29) is 12.0 Å². The van der Waals surface area contributed by atoms with Gasteiger partial charge in [-0.3, -0.25) is 14.8 Å². The SMILES string of the molecule is CN(C)c1cncc(OC2CCN(C(=O)c3cncc(Br)c3)C2)n1. The molecule has 1 unspecified atom stereocenters. The highest BCUT2D eigenvalue weighted by atomic mass is 79.9. The molecule has 0 spiro atoms. The van der Waals surface area contributed by atoms with Crippen LogP contribution in [-0.4, -0.2) is 59.0 Å². The fraction of sp³-hybridized carbons (Fsp3) is 0.375. The predicted octanol–water partition coefficient (Wildman–Crippen LogP) is 1.99. The topological polar surface area (TPSA) is 71.5 Å². The van der Waals surface area contributed by atoms with Crippen LogP contribution in [0.2, 0.25) is 0 Å². The molecule has 0 radical (unpaired) electrons. The summed E-state index contributed by atoms with van der Waals surface area (Å²) in [5.41, 5.74) is 0.569. The minimum atomic E-state index is -0.0826. The van der Waals surface area contributed by atoms with E-state index in [2.05, 4.69) is 30.9 Å². The van der Waals surface area contributed by atoms with Crippen LogP contribution >= 0.6 is 15.9 Å². The molecule has 8 heteroatoms. The highest BCUT2D eigenvalue weighted by Crippen LogP contribution is 2.20. The minimum absolute atomic E-state index is 0.0389. The largest absolute Gasteiger partial charge is 0.471 e. The van der Waals surface area contributed by atoms with Gasteiger partial charge in [-0.2, -0.15) is 4.98 Å². The number of ether oxygens (including phenoxy) is 1. The molecular weight excluding hydrogens is 374 g/mol. The summed E-state index contributed by atoms with van der Waals surface area (Å²) in [5, 5.41) is 0. The van der Waals surface area contributed by atoms with Crippen molar-refractivity contribution in [3.05, 3.63) is 40.9 Å². The molecule has 0 bridgehead atoms. The molecule has 1 atom stereocenters. The van der Waals surface area contributed by atoms with Crippen molar-refractivity contribution >= 4 is 27.7 Å². The number of amides is 1. The van der Waals surface area contributed by atoms with Crippen molar-refractivity contribution in [2.75, 3.05) is 32.1 Å². The lowest BCUT2D eigenvalue weighted by Crippen LogP contribution is -2.31. The second kappa shape index (κ2) is 7.12. The molecule has 126 valence electrons. The average Bonchev–Trinajstić information content (AvgIpc) is 3.03. The number of halogens is 1. The number of carbonyl (C=O) groups is 1. The van der Waals surface area contributed by atoms with Crippen molar-refractivity contribution in [3.63, 3.8) is 0 Å². The van der Waals surface area contributed by atoms with E-state index in [0.717, 1.165) is 16.7 Å². The molecule has 0 saturated carbocycles. The smallest absolute Gasteiger partial charge is 0.255 e. The number of rotatable bonds is 4. The van der Waals surface area contributed by atoms with Crippen LogP contribution in [0.4, 0.5) is 5.82 Å². The van der Waals surface area contributed by atoms with Crippen molar-refractivity contribution in [1.29, 1.82) is 0 Å². The Kier molecular flexibility index (Phi) is 4.94. The van der Waals surface area contributed by atoms with Gasteiger partial charge in [0, 0.05) is 43.9 Å². The molecule has 3 heterocycles. The number of pyridine rings is 1. The van der Waals surface area contributed by atoms with Gasteiger partial charge >= 0.3 is 0 Å². The Hall–Kier alpha value is -2.22. The van der Waals surface area contributed by atoms with Crippen LogP contribution in [0.3, 0.4) is 0 Å². The van der Waals surface area contributed by atoms with Crippen molar-refractivity contribution in [2.45, 2.75) is 12.5 Å². The van der Waals surface area contributed by atoms with Crippen molar-refractivity contribution in [2.24, 2.45) is 0 Å². The van der Waals surface area contributed by atoms with E-state index in [1.54, 1.807) is 35.8 Å². The average molecular weight is 392 g/mol. The molecule has 2 aromatic rings. The first-order valence-electron chi connectivity index (χ1n) is 7.59. The van der Waals surface area contributed by atoms with Crippen LogP contribution in [0.15, 0.2) is 35.3 Å². The van der Waals surface area contributed by atoms with E-state index in [0.29, 0.717) is 24.5 Å². The summed E-state index contributed by atoms with van der Waals surface area (Å²) in [6.45, 7) is 1.18. The zero-order chi connectivity index (χ0) is 17.1. The van der Waals surface area contributed by atoms with E-state index in [9.17, 15) is 4.79 Å². The zero-order valence-electron chi connectivity index (χ0n) is 13.5. The third kappa shape index (κ3) is 3.81. The maximum absolute atomic E-state index is 12.5. The molecule has 1 aliphatic heterocycles. The molecular formula is C16H18BrN5O2. The fourth-order valence-electron chi connectivity index (χ4n) is 2.50. The Morgan fingerprint density at radius 1 is 1.29 bits per heavy atom. The Labute approximate surface area is 148 Å². The van der Waals surface area contributed by atoms with Gasteiger partial charge in [0.1, 0.15) is 6.10 Å². The fourth-order valence-corrected chi connectivity index (χ4v) is 2.87. The summed E-state index contributed by atoms with van der Waals surface area (Å²) in [7, 11) is 3.80. The zero-order valence-corrected chi connectivity index (χ0v) is 15.1. The molecule has 0 aromatic carbocycles. The van der Waals surface area contributed by atoms with Crippen LogP contribution in [0.1, 0.15) is 16.8 Å². The third-order valence-electron chi connectivity index (χ3n) is 3.73. The maximum atomic E-state index is 12.5. The van der Waals surface area contributed by atoms with Gasteiger partial charge in [0.15, 0.2) is 5.82 Å². The summed E-state index contributed by atoms with van der Waals surface area (Å²) < 4.78 is 6.68. The normalized spacial score (nSPS) is 17.0. The summed E-state index contributed by atoms with van der Waals surface area (Å²) in [6, 6.07) is 1.77. The summed E-state index contributed by atoms with van der Waals surface area (Å²) >= 11 is 3.34. The standard InChI is InChI=1S/C16H18BrN5O2/c1-21(2)14-8-19-9-15(20-14)24-13-3-4-22(10-13)16(23)11-5-12(17)7-18-6-11/h5-9,13H,3-4,10H2,1-2H3. The van der Waals surface area contributed by atoms with E-state index in [1.165, 1.54) is 0 Å². The third-order valence-corrected chi connectivity index (χ3v) is 4.16.